The van der Waals surface area contributed by atoms with E-state index < -0.39 is 42.1 Å². The summed E-state index contributed by atoms with van der Waals surface area (Å²) in [6.07, 6.45) is 4.84. The minimum absolute atomic E-state index is 0.0676. The number of amides is 3. The minimum Gasteiger partial charge on any atom is -0.480 e. The van der Waals surface area contributed by atoms with Gasteiger partial charge < -0.3 is 36.8 Å². The Morgan fingerprint density at radius 2 is 1.90 bits per heavy atom. The van der Waals surface area contributed by atoms with Crippen LogP contribution in [-0.4, -0.2) is 50.4 Å². The second-order valence-corrected chi connectivity index (χ2v) is 7.73. The van der Waals surface area contributed by atoms with Gasteiger partial charge in [-0.15, -0.1) is 0 Å². The largest absolute Gasteiger partial charge is 0.480 e. The number of aliphatic carboxylic acids is 1. The number of nitrogens with zero attached hydrogens (tertiary/aromatic N) is 2. The Morgan fingerprint density at radius 1 is 1.23 bits per heavy atom. The molecule has 0 spiro atoms. The second-order valence-electron chi connectivity index (χ2n) is 7.73. The van der Waals surface area contributed by atoms with E-state index in [1.165, 1.54) is 26.2 Å². The Kier molecular flexibility index (Phi) is 8.54. The summed E-state index contributed by atoms with van der Waals surface area (Å²) in [4.78, 5) is 38.9. The van der Waals surface area contributed by atoms with Gasteiger partial charge in [-0.2, -0.15) is 4.98 Å². The molecule has 1 aliphatic carbocycles. The highest BCUT2D eigenvalue weighted by molar-refractivity contribution is 5.83. The molecule has 30 heavy (non-hydrogen) atoms. The Balaban J connectivity index is 2.04. The normalized spacial score (nSPS) is 18.8. The molecule has 1 aromatic heterocycles. The summed E-state index contributed by atoms with van der Waals surface area (Å²) in [5.74, 6) is -1.46. The maximum absolute atomic E-state index is 12.2. The zero-order valence-electron chi connectivity index (χ0n) is 16.9. The summed E-state index contributed by atoms with van der Waals surface area (Å²) < 4.78 is 5.18. The van der Waals surface area contributed by atoms with Crippen LogP contribution in [0.25, 0.3) is 0 Å². The number of aromatic nitrogens is 2. The predicted molar refractivity (Wildman–Crippen MR) is 104 cm³/mol. The molecule has 4 atom stereocenters. The van der Waals surface area contributed by atoms with Gasteiger partial charge in [-0.25, -0.2) is 9.59 Å². The zero-order valence-corrected chi connectivity index (χ0v) is 16.9. The van der Waals surface area contributed by atoms with Crippen molar-refractivity contribution < 1.29 is 29.1 Å². The molecule has 0 aromatic carbocycles. The summed E-state index contributed by atoms with van der Waals surface area (Å²) >= 11 is 0. The maximum Gasteiger partial charge on any atom is 0.328 e. The molecular formula is C18H30N6O6. The van der Waals surface area contributed by atoms with E-state index >= 15 is 0 Å². The third-order valence-corrected chi connectivity index (χ3v) is 5.14. The molecule has 0 saturated heterocycles. The summed E-state index contributed by atoms with van der Waals surface area (Å²) in [6.45, 7) is 1.22. The lowest BCUT2D eigenvalue weighted by atomic mass is 9.85. The Hall–Kier alpha value is -2.73. The molecule has 1 aliphatic rings. The fourth-order valence-electron chi connectivity index (χ4n) is 3.56. The molecule has 168 valence electrons. The first-order chi connectivity index (χ1) is 14.2. The van der Waals surface area contributed by atoms with Crippen LogP contribution < -0.4 is 22.1 Å². The number of rotatable bonds is 10. The van der Waals surface area contributed by atoms with Crippen LogP contribution in [0.15, 0.2) is 4.52 Å². The van der Waals surface area contributed by atoms with Gasteiger partial charge in [0.2, 0.25) is 11.8 Å². The smallest absolute Gasteiger partial charge is 0.328 e. The predicted octanol–water partition coefficient (Wildman–Crippen LogP) is 0.0895. The van der Waals surface area contributed by atoms with Crippen molar-refractivity contribution in [2.75, 3.05) is 0 Å². The quantitative estimate of drug-likeness (QED) is 0.299. The van der Waals surface area contributed by atoms with Gasteiger partial charge in [0.05, 0.1) is 18.6 Å². The third kappa shape index (κ3) is 6.95. The molecule has 12 heteroatoms. The van der Waals surface area contributed by atoms with Crippen LogP contribution in [0, 0.1) is 5.92 Å². The summed E-state index contributed by atoms with van der Waals surface area (Å²) in [6, 6.07) is -4.00. The van der Waals surface area contributed by atoms with Crippen molar-refractivity contribution in [2.24, 2.45) is 17.4 Å². The molecule has 0 aliphatic heterocycles. The van der Waals surface area contributed by atoms with E-state index in [9.17, 15) is 19.5 Å². The van der Waals surface area contributed by atoms with Gasteiger partial charge in [0.25, 0.3) is 0 Å². The summed E-state index contributed by atoms with van der Waals surface area (Å²) in [5, 5.41) is 26.9. The molecule has 1 fully saturated rings. The number of aliphatic hydroxyl groups excluding tert-OH is 1. The summed E-state index contributed by atoms with van der Waals surface area (Å²) in [7, 11) is 0. The maximum atomic E-state index is 12.2. The van der Waals surface area contributed by atoms with E-state index in [1.54, 1.807) is 0 Å². The van der Waals surface area contributed by atoms with Crippen LogP contribution in [0.4, 0.5) is 4.79 Å². The van der Waals surface area contributed by atoms with Crippen molar-refractivity contribution >= 4 is 17.9 Å². The number of urea groups is 1. The number of nitrogens with one attached hydrogen (secondary N) is 2. The number of hydrogen-bond acceptors (Lipinski definition) is 8. The standard InChI is InChI=1S/C18H30N6O6/c1-9(25)14(17(27)28)22-18(29)21-12(8-13(20)26)16-23-15(24-30-16)11(19)7-10-5-3-2-4-6-10/h9-12,14,25H,2-8,19H2,1H3,(H2,20,26)(H,27,28)(H2,21,22,29)/t9?,11-,12-,14?/m0/s1. The monoisotopic (exact) mass is 426 g/mol. The van der Waals surface area contributed by atoms with E-state index in [0.717, 1.165) is 12.8 Å². The molecule has 3 amide bonds. The van der Waals surface area contributed by atoms with Crippen LogP contribution in [0.3, 0.4) is 0 Å². The Bertz CT molecular complexity index is 733. The Morgan fingerprint density at radius 3 is 2.47 bits per heavy atom. The van der Waals surface area contributed by atoms with Crippen molar-refractivity contribution in [1.29, 1.82) is 0 Å². The molecule has 2 rings (SSSR count). The first-order valence-electron chi connectivity index (χ1n) is 10.0. The lowest BCUT2D eigenvalue weighted by Crippen LogP contribution is -2.52. The van der Waals surface area contributed by atoms with Crippen LogP contribution >= 0.6 is 0 Å². The molecule has 2 unspecified atom stereocenters. The highest BCUT2D eigenvalue weighted by Gasteiger charge is 2.29. The number of hydrogen-bond donors (Lipinski definition) is 6. The first kappa shape index (κ1) is 23.5. The Labute approximate surface area is 173 Å². The van der Waals surface area contributed by atoms with Crippen molar-refractivity contribution in [1.82, 2.24) is 20.8 Å². The van der Waals surface area contributed by atoms with Gasteiger partial charge in [0.1, 0.15) is 6.04 Å². The SMILES string of the molecule is CC(O)C(NC(=O)N[C@@H](CC(N)=O)c1nc([C@@H](N)CC2CCCCC2)no1)C(=O)O. The fraction of sp³-hybridized carbons (Fsp3) is 0.722. The first-order valence-corrected chi connectivity index (χ1v) is 10.0. The average Bonchev–Trinajstić information content (AvgIpc) is 3.16. The number of nitrogens with two attached hydrogens (primary N) is 2. The van der Waals surface area contributed by atoms with Crippen molar-refractivity contribution in [3.05, 3.63) is 11.7 Å². The molecule has 0 radical (unpaired) electrons. The van der Waals surface area contributed by atoms with Gasteiger partial charge in [-0.3, -0.25) is 4.79 Å². The highest BCUT2D eigenvalue weighted by atomic mass is 16.5. The minimum atomic E-state index is -1.54. The topological polar surface area (TPSA) is 207 Å². The van der Waals surface area contributed by atoms with E-state index in [0.29, 0.717) is 12.3 Å². The van der Waals surface area contributed by atoms with Crippen LogP contribution in [0.1, 0.15) is 75.7 Å². The molecule has 1 aromatic rings. The van der Waals surface area contributed by atoms with Gasteiger partial charge in [0.15, 0.2) is 11.9 Å². The molecule has 8 N–H and O–H groups in total. The second kappa shape index (κ2) is 10.9. The van der Waals surface area contributed by atoms with Crippen LogP contribution in [0.2, 0.25) is 0 Å². The lowest BCUT2D eigenvalue weighted by Gasteiger charge is -2.23. The number of carbonyl (C=O) groups excluding carboxylic acids is 2. The van der Waals surface area contributed by atoms with Gasteiger partial charge in [0, 0.05) is 0 Å². The van der Waals surface area contributed by atoms with Crippen molar-refractivity contribution in [3.8, 4) is 0 Å². The highest BCUT2D eigenvalue weighted by Crippen LogP contribution is 2.30. The summed E-state index contributed by atoms with van der Waals surface area (Å²) in [5.41, 5.74) is 11.4. The van der Waals surface area contributed by atoms with Crippen LogP contribution in [0.5, 0.6) is 0 Å². The number of primary amides is 1. The fourth-order valence-corrected chi connectivity index (χ4v) is 3.56. The molecule has 1 saturated carbocycles. The number of carbonyl (C=O) groups is 3. The number of aliphatic hydroxyl groups is 1. The van der Waals surface area contributed by atoms with Crippen LogP contribution in [-0.2, 0) is 9.59 Å². The van der Waals surface area contributed by atoms with Gasteiger partial charge >= 0.3 is 12.0 Å². The molecule has 12 nitrogen and oxygen atoms in total. The molecule has 1 heterocycles. The molecule has 0 bridgehead atoms. The van der Waals surface area contributed by atoms with Crippen molar-refractivity contribution in [2.45, 2.75) is 76.1 Å². The number of carboxylic acid groups (broad SMARTS) is 1. The molecular weight excluding hydrogens is 396 g/mol. The van der Waals surface area contributed by atoms with E-state index in [4.69, 9.17) is 21.1 Å². The number of carboxylic acids is 1. The van der Waals surface area contributed by atoms with E-state index in [-0.39, 0.29) is 18.1 Å². The van der Waals surface area contributed by atoms with E-state index in [2.05, 4.69) is 20.8 Å². The third-order valence-electron chi connectivity index (χ3n) is 5.14. The van der Waals surface area contributed by atoms with Gasteiger partial charge in [-0.05, 0) is 19.3 Å². The average molecular weight is 426 g/mol. The van der Waals surface area contributed by atoms with Gasteiger partial charge in [-0.1, -0.05) is 37.3 Å². The zero-order chi connectivity index (χ0) is 22.3. The van der Waals surface area contributed by atoms with E-state index in [1.807, 2.05) is 0 Å². The lowest BCUT2D eigenvalue weighted by molar-refractivity contribution is -0.141. The van der Waals surface area contributed by atoms with Crippen molar-refractivity contribution in [3.63, 3.8) is 0 Å².